The predicted molar refractivity (Wildman–Crippen MR) is 64.7 cm³/mol. The van der Waals surface area contributed by atoms with Crippen molar-refractivity contribution in [1.29, 1.82) is 0 Å². The maximum atomic E-state index is 11.9. The van der Waals surface area contributed by atoms with Crippen molar-refractivity contribution < 1.29 is 13.2 Å². The maximum absolute atomic E-state index is 11.9. The fourth-order valence-corrected chi connectivity index (χ4v) is 3.38. The third kappa shape index (κ3) is 1.88. The van der Waals surface area contributed by atoms with Crippen LogP contribution in [-0.2, 0) is 14.8 Å². The van der Waals surface area contributed by atoms with Gasteiger partial charge in [0.15, 0.2) is 0 Å². The summed E-state index contributed by atoms with van der Waals surface area (Å²) in [5, 5.41) is 0. The molecular weight excluding hydrogens is 264 g/mol. The van der Waals surface area contributed by atoms with Crippen LogP contribution in [0, 0.1) is 5.92 Å². The Balaban J connectivity index is 2.10. The number of carbonyl (C=O) groups excluding carboxylic acids is 1. The first-order chi connectivity index (χ1) is 7.81. The number of sulfonamides is 1. The van der Waals surface area contributed by atoms with Crippen molar-refractivity contribution in [1.82, 2.24) is 9.56 Å². The highest BCUT2D eigenvalue weighted by Gasteiger charge is 2.61. The third-order valence-corrected chi connectivity index (χ3v) is 6.20. The van der Waals surface area contributed by atoms with Crippen molar-refractivity contribution in [3.8, 4) is 0 Å². The second-order valence-corrected chi connectivity index (χ2v) is 7.38. The van der Waals surface area contributed by atoms with E-state index in [0.29, 0.717) is 19.3 Å². The minimum atomic E-state index is -3.60. The lowest BCUT2D eigenvalue weighted by Gasteiger charge is -2.17. The van der Waals surface area contributed by atoms with E-state index in [-0.39, 0.29) is 5.92 Å². The average molecular weight is 279 g/mol. The molecule has 0 saturated heterocycles. The van der Waals surface area contributed by atoms with Gasteiger partial charge in [-0.2, -0.15) is 0 Å². The Hall–Kier alpha value is -0.590. The molecule has 0 aromatic rings. The summed E-state index contributed by atoms with van der Waals surface area (Å²) >= 11 is 5.53. The second-order valence-electron chi connectivity index (χ2n) is 5.00. The number of carbonyl (C=O) groups is 1. The summed E-state index contributed by atoms with van der Waals surface area (Å²) in [6.45, 7) is 5.20. The molecule has 2 N–H and O–H groups in total. The van der Waals surface area contributed by atoms with Crippen molar-refractivity contribution >= 4 is 27.7 Å². The molecular formula is C10H15ClN2O3S. The van der Waals surface area contributed by atoms with Crippen LogP contribution in [0.25, 0.3) is 0 Å². The molecule has 2 rings (SSSR count). The zero-order valence-corrected chi connectivity index (χ0v) is 11.1. The van der Waals surface area contributed by atoms with E-state index in [1.807, 2.05) is 0 Å². The van der Waals surface area contributed by atoms with Gasteiger partial charge in [0.2, 0.25) is 10.0 Å². The van der Waals surface area contributed by atoms with E-state index in [9.17, 15) is 13.2 Å². The van der Waals surface area contributed by atoms with Gasteiger partial charge in [0.1, 0.15) is 5.54 Å². The van der Waals surface area contributed by atoms with Crippen LogP contribution in [0.3, 0.4) is 0 Å². The molecule has 0 aromatic carbocycles. The molecule has 5 nitrogen and oxygen atoms in total. The molecule has 1 amide bonds. The van der Waals surface area contributed by atoms with Crippen LogP contribution < -0.4 is 9.56 Å². The number of nitrogens with one attached hydrogen (secondary N) is 2. The van der Waals surface area contributed by atoms with E-state index in [4.69, 9.17) is 11.8 Å². The molecule has 2 atom stereocenters. The van der Waals surface area contributed by atoms with Crippen LogP contribution in [0.5, 0.6) is 0 Å². The Bertz CT molecular complexity index is 472. The number of halogens is 1. The van der Waals surface area contributed by atoms with Crippen LogP contribution in [0.15, 0.2) is 12.7 Å². The molecule has 0 aromatic heterocycles. The molecule has 2 aliphatic carbocycles. The lowest BCUT2D eigenvalue weighted by atomic mass is 10.2. The maximum Gasteiger partial charge on any atom is 0.255 e. The number of hydrogen-bond donors (Lipinski definition) is 2. The molecule has 2 saturated carbocycles. The summed E-state index contributed by atoms with van der Waals surface area (Å²) in [7, 11) is -3.60. The van der Waals surface area contributed by atoms with Gasteiger partial charge in [-0.05, 0) is 38.0 Å². The molecule has 0 heterocycles. The fourth-order valence-electron chi connectivity index (χ4n) is 1.77. The first kappa shape index (κ1) is 12.9. The topological polar surface area (TPSA) is 75.3 Å². The Morgan fingerprint density at radius 3 is 2.47 bits per heavy atom. The van der Waals surface area contributed by atoms with Crippen molar-refractivity contribution in [2.24, 2.45) is 5.92 Å². The van der Waals surface area contributed by atoms with Gasteiger partial charge in [0, 0.05) is 5.92 Å². The van der Waals surface area contributed by atoms with Crippen molar-refractivity contribution in [2.75, 3.05) is 0 Å². The van der Waals surface area contributed by atoms with Gasteiger partial charge >= 0.3 is 0 Å². The largest absolute Gasteiger partial charge is 0.272 e. The molecule has 0 aliphatic heterocycles. The average Bonchev–Trinajstić information content (AvgIpc) is 3.12. The highest BCUT2D eigenvalue weighted by Crippen LogP contribution is 2.46. The number of amides is 1. The Kier molecular flexibility index (Phi) is 2.80. The van der Waals surface area contributed by atoms with Gasteiger partial charge < -0.3 is 0 Å². The van der Waals surface area contributed by atoms with Crippen LogP contribution in [0.1, 0.15) is 26.2 Å². The monoisotopic (exact) mass is 278 g/mol. The summed E-state index contributed by atoms with van der Waals surface area (Å²) in [5.41, 5.74) is -1.01. The van der Waals surface area contributed by atoms with E-state index < -0.39 is 26.2 Å². The van der Waals surface area contributed by atoms with Crippen LogP contribution >= 0.6 is 11.8 Å². The van der Waals surface area contributed by atoms with E-state index in [1.54, 1.807) is 13.0 Å². The normalized spacial score (nSPS) is 33.9. The van der Waals surface area contributed by atoms with E-state index in [0.717, 1.165) is 0 Å². The summed E-state index contributed by atoms with van der Waals surface area (Å²) in [6, 6.07) is 0. The first-order valence-corrected chi connectivity index (χ1v) is 7.24. The van der Waals surface area contributed by atoms with Crippen molar-refractivity contribution in [3.05, 3.63) is 12.7 Å². The molecule has 96 valence electrons. The quantitative estimate of drug-likeness (QED) is 0.573. The van der Waals surface area contributed by atoms with E-state index >= 15 is 0 Å². The number of hydrogen-bond acceptors (Lipinski definition) is 4. The number of rotatable bonds is 5. The van der Waals surface area contributed by atoms with Gasteiger partial charge in [-0.15, -0.1) is 6.58 Å². The summed E-state index contributed by atoms with van der Waals surface area (Å²) in [5.74, 6) is -0.715. The lowest BCUT2D eigenvalue weighted by molar-refractivity contribution is -0.122. The minimum Gasteiger partial charge on any atom is -0.272 e. The van der Waals surface area contributed by atoms with Gasteiger partial charge in [-0.3, -0.25) is 9.52 Å². The van der Waals surface area contributed by atoms with Crippen molar-refractivity contribution in [3.63, 3.8) is 0 Å². The zero-order chi connectivity index (χ0) is 12.9. The SMILES string of the molecule is C=C[C@@H]1C[C@]1(NCl)C(=O)NS(=O)(=O)C1(C)CC1. The fraction of sp³-hybridized carbons (Fsp3) is 0.700. The van der Waals surface area contributed by atoms with E-state index in [1.165, 1.54) is 0 Å². The van der Waals surface area contributed by atoms with Gasteiger partial charge in [0.25, 0.3) is 5.91 Å². The molecule has 7 heteroatoms. The first-order valence-electron chi connectivity index (χ1n) is 5.38. The highest BCUT2D eigenvalue weighted by atomic mass is 35.5. The van der Waals surface area contributed by atoms with Gasteiger partial charge in [-0.25, -0.2) is 13.3 Å². The second kappa shape index (κ2) is 3.70. The zero-order valence-electron chi connectivity index (χ0n) is 9.49. The minimum absolute atomic E-state index is 0.123. The Morgan fingerprint density at radius 2 is 2.12 bits per heavy atom. The van der Waals surface area contributed by atoms with Crippen LogP contribution in [0.4, 0.5) is 0 Å². The van der Waals surface area contributed by atoms with E-state index in [2.05, 4.69) is 16.1 Å². The summed E-state index contributed by atoms with van der Waals surface area (Å²) in [6.07, 6.45) is 3.24. The summed E-state index contributed by atoms with van der Waals surface area (Å²) in [4.78, 5) is 14.3. The van der Waals surface area contributed by atoms with Crippen LogP contribution in [0.2, 0.25) is 0 Å². The molecule has 0 spiro atoms. The summed E-state index contributed by atoms with van der Waals surface area (Å²) < 4.78 is 25.1. The lowest BCUT2D eigenvalue weighted by Crippen LogP contribution is -2.49. The Labute approximate surface area is 106 Å². The van der Waals surface area contributed by atoms with Crippen molar-refractivity contribution in [2.45, 2.75) is 36.5 Å². The molecule has 2 aliphatic rings. The highest BCUT2D eigenvalue weighted by molar-refractivity contribution is 7.91. The predicted octanol–water partition coefficient (Wildman–Crippen LogP) is 0.673. The smallest absolute Gasteiger partial charge is 0.255 e. The van der Waals surface area contributed by atoms with Gasteiger partial charge in [-0.1, -0.05) is 6.08 Å². The van der Waals surface area contributed by atoms with Gasteiger partial charge in [0.05, 0.1) is 4.75 Å². The third-order valence-electron chi connectivity index (χ3n) is 3.70. The standard InChI is InChI=1S/C10H15ClN2O3S/c1-3-7-6-10(7,13-11)8(14)12-17(15,16)9(2)4-5-9/h3,7,13H,1,4-6H2,2H3,(H,12,14)/t7-,10-/m1/s1. The molecule has 17 heavy (non-hydrogen) atoms. The van der Waals surface area contributed by atoms with Crippen LogP contribution in [-0.4, -0.2) is 24.6 Å². The molecule has 2 fully saturated rings. The molecule has 0 radical (unpaired) electrons. The molecule has 0 bridgehead atoms. The molecule has 0 unspecified atom stereocenters. The Morgan fingerprint density at radius 1 is 1.53 bits per heavy atom.